The van der Waals surface area contributed by atoms with Crippen LogP contribution in [0.4, 0.5) is 5.69 Å². The number of hydrogen-bond donors (Lipinski definition) is 1. The molecule has 0 aliphatic carbocycles. The molecule has 136 valence electrons. The minimum Gasteiger partial charge on any atom is -0.427 e. The number of anilines is 1. The molecular weight excluding hydrogens is 352 g/mol. The lowest BCUT2D eigenvalue weighted by atomic mass is 10.2. The SMILES string of the molecule is O=C(CCCNC(=O)c1ccsc1)Oc1ccc(N2CCCC2=O)cc1. The molecule has 1 aliphatic rings. The summed E-state index contributed by atoms with van der Waals surface area (Å²) in [5.41, 5.74) is 1.46. The Morgan fingerprint density at radius 1 is 1.19 bits per heavy atom. The van der Waals surface area contributed by atoms with E-state index < -0.39 is 0 Å². The van der Waals surface area contributed by atoms with Crippen LogP contribution in [0.2, 0.25) is 0 Å². The third kappa shape index (κ3) is 4.70. The van der Waals surface area contributed by atoms with Gasteiger partial charge < -0.3 is 15.0 Å². The van der Waals surface area contributed by atoms with Gasteiger partial charge >= 0.3 is 5.97 Å². The van der Waals surface area contributed by atoms with Crippen molar-refractivity contribution in [2.24, 2.45) is 0 Å². The average molecular weight is 372 g/mol. The van der Waals surface area contributed by atoms with E-state index in [0.29, 0.717) is 30.7 Å². The molecule has 2 heterocycles. The van der Waals surface area contributed by atoms with E-state index in [1.165, 1.54) is 11.3 Å². The van der Waals surface area contributed by atoms with E-state index >= 15 is 0 Å². The normalized spacial score (nSPS) is 13.7. The molecule has 2 aromatic rings. The summed E-state index contributed by atoms with van der Waals surface area (Å²) in [6.07, 6.45) is 2.18. The van der Waals surface area contributed by atoms with Gasteiger partial charge in [-0.3, -0.25) is 14.4 Å². The fourth-order valence-electron chi connectivity index (χ4n) is 2.73. The van der Waals surface area contributed by atoms with Gasteiger partial charge in [0.25, 0.3) is 5.91 Å². The van der Waals surface area contributed by atoms with Crippen molar-refractivity contribution in [3.05, 3.63) is 46.7 Å². The van der Waals surface area contributed by atoms with Gasteiger partial charge in [-0.2, -0.15) is 11.3 Å². The first kappa shape index (κ1) is 18.1. The Balaban J connectivity index is 1.39. The number of benzene rings is 1. The molecule has 0 bridgehead atoms. The van der Waals surface area contributed by atoms with Crippen molar-refractivity contribution in [3.63, 3.8) is 0 Å². The van der Waals surface area contributed by atoms with Crippen LogP contribution in [-0.4, -0.2) is 30.9 Å². The van der Waals surface area contributed by atoms with Gasteiger partial charge in [0.05, 0.1) is 0 Å². The third-order valence-electron chi connectivity index (χ3n) is 4.08. The number of hydrogen-bond acceptors (Lipinski definition) is 5. The number of nitrogens with zero attached hydrogens (tertiary/aromatic N) is 1. The van der Waals surface area contributed by atoms with Crippen molar-refractivity contribution >= 4 is 34.8 Å². The van der Waals surface area contributed by atoms with Gasteiger partial charge in [-0.15, -0.1) is 0 Å². The molecule has 6 nitrogen and oxygen atoms in total. The molecule has 0 radical (unpaired) electrons. The number of thiophene rings is 1. The Hall–Kier alpha value is -2.67. The van der Waals surface area contributed by atoms with Crippen LogP contribution in [0.15, 0.2) is 41.1 Å². The predicted octanol–water partition coefficient (Wildman–Crippen LogP) is 2.99. The lowest BCUT2D eigenvalue weighted by molar-refractivity contribution is -0.134. The molecule has 0 atom stereocenters. The van der Waals surface area contributed by atoms with E-state index in [-0.39, 0.29) is 24.2 Å². The summed E-state index contributed by atoms with van der Waals surface area (Å²) in [4.78, 5) is 37.1. The zero-order valence-corrected chi connectivity index (χ0v) is 15.1. The van der Waals surface area contributed by atoms with Gasteiger partial charge in [0, 0.05) is 42.6 Å². The lowest BCUT2D eigenvalue weighted by Gasteiger charge is -2.15. The minimum absolute atomic E-state index is 0.124. The van der Waals surface area contributed by atoms with E-state index in [1.54, 1.807) is 40.6 Å². The second kappa shape index (κ2) is 8.62. The monoisotopic (exact) mass is 372 g/mol. The highest BCUT2D eigenvalue weighted by atomic mass is 32.1. The van der Waals surface area contributed by atoms with Crippen LogP contribution in [0.1, 0.15) is 36.0 Å². The number of rotatable bonds is 7. The third-order valence-corrected chi connectivity index (χ3v) is 4.76. The van der Waals surface area contributed by atoms with Crippen LogP contribution in [0.25, 0.3) is 0 Å². The summed E-state index contributed by atoms with van der Waals surface area (Å²) in [5.74, 6) is 0.0957. The van der Waals surface area contributed by atoms with Crippen molar-refractivity contribution in [3.8, 4) is 5.75 Å². The number of ether oxygens (including phenoxy) is 1. The van der Waals surface area contributed by atoms with Crippen molar-refractivity contribution in [2.75, 3.05) is 18.0 Å². The first-order chi connectivity index (χ1) is 12.6. The van der Waals surface area contributed by atoms with E-state index in [9.17, 15) is 14.4 Å². The van der Waals surface area contributed by atoms with Gasteiger partial charge in [-0.1, -0.05) is 0 Å². The Morgan fingerprint density at radius 3 is 2.65 bits per heavy atom. The number of amides is 2. The Morgan fingerprint density at radius 2 is 2.00 bits per heavy atom. The molecule has 26 heavy (non-hydrogen) atoms. The second-order valence-corrected chi connectivity index (χ2v) is 6.77. The molecule has 1 fully saturated rings. The molecule has 1 N–H and O–H groups in total. The van der Waals surface area contributed by atoms with E-state index in [1.807, 2.05) is 5.38 Å². The quantitative estimate of drug-likeness (QED) is 0.461. The van der Waals surface area contributed by atoms with Crippen LogP contribution in [0.5, 0.6) is 5.75 Å². The standard InChI is InChI=1S/C19H20N2O4S/c22-17-3-2-11-21(17)15-5-7-16(8-6-15)25-18(23)4-1-10-20-19(24)14-9-12-26-13-14/h5-9,12-13H,1-4,10-11H2,(H,20,24). The predicted molar refractivity (Wildman–Crippen MR) is 99.6 cm³/mol. The topological polar surface area (TPSA) is 75.7 Å². The summed E-state index contributed by atoms with van der Waals surface area (Å²) in [6.45, 7) is 1.15. The fourth-order valence-corrected chi connectivity index (χ4v) is 3.36. The van der Waals surface area contributed by atoms with Crippen molar-refractivity contribution in [2.45, 2.75) is 25.7 Å². The fraction of sp³-hybridized carbons (Fsp3) is 0.316. The Labute approximate surface area is 155 Å². The largest absolute Gasteiger partial charge is 0.427 e. The number of esters is 1. The molecule has 3 rings (SSSR count). The van der Waals surface area contributed by atoms with Crippen LogP contribution in [0, 0.1) is 0 Å². The molecule has 0 saturated carbocycles. The first-order valence-corrected chi connectivity index (χ1v) is 9.49. The van der Waals surface area contributed by atoms with Gasteiger partial charge in [0.2, 0.25) is 5.91 Å². The summed E-state index contributed by atoms with van der Waals surface area (Å²) in [6, 6.07) is 8.71. The molecule has 1 aromatic carbocycles. The summed E-state index contributed by atoms with van der Waals surface area (Å²) in [7, 11) is 0. The molecule has 7 heteroatoms. The average Bonchev–Trinajstić information content (AvgIpc) is 3.31. The summed E-state index contributed by atoms with van der Waals surface area (Å²) >= 11 is 1.47. The molecule has 1 aromatic heterocycles. The lowest BCUT2D eigenvalue weighted by Crippen LogP contribution is -2.24. The zero-order valence-electron chi connectivity index (χ0n) is 14.3. The molecular formula is C19H20N2O4S. The van der Waals surface area contributed by atoms with Crippen molar-refractivity contribution < 1.29 is 19.1 Å². The Bertz CT molecular complexity index is 771. The van der Waals surface area contributed by atoms with E-state index in [0.717, 1.165) is 18.7 Å². The van der Waals surface area contributed by atoms with E-state index in [2.05, 4.69) is 5.32 Å². The maximum absolute atomic E-state index is 11.9. The number of nitrogens with one attached hydrogen (secondary N) is 1. The summed E-state index contributed by atoms with van der Waals surface area (Å²) < 4.78 is 5.28. The van der Waals surface area contributed by atoms with E-state index in [4.69, 9.17) is 4.74 Å². The molecule has 1 saturated heterocycles. The van der Waals surface area contributed by atoms with Gasteiger partial charge in [-0.05, 0) is 48.6 Å². The van der Waals surface area contributed by atoms with Gasteiger partial charge in [-0.25, -0.2) is 0 Å². The van der Waals surface area contributed by atoms with Crippen molar-refractivity contribution in [1.29, 1.82) is 0 Å². The van der Waals surface area contributed by atoms with Gasteiger partial charge in [0.15, 0.2) is 0 Å². The molecule has 2 amide bonds. The van der Waals surface area contributed by atoms with Crippen LogP contribution in [-0.2, 0) is 9.59 Å². The van der Waals surface area contributed by atoms with Crippen LogP contribution in [0.3, 0.4) is 0 Å². The maximum Gasteiger partial charge on any atom is 0.311 e. The molecule has 0 spiro atoms. The van der Waals surface area contributed by atoms with Gasteiger partial charge in [0.1, 0.15) is 5.75 Å². The van der Waals surface area contributed by atoms with Crippen LogP contribution >= 0.6 is 11.3 Å². The maximum atomic E-state index is 11.9. The Kier molecular flexibility index (Phi) is 6.01. The highest BCUT2D eigenvalue weighted by Gasteiger charge is 2.21. The highest BCUT2D eigenvalue weighted by Crippen LogP contribution is 2.24. The number of carbonyl (C=O) groups excluding carboxylic acids is 3. The molecule has 1 aliphatic heterocycles. The summed E-state index contributed by atoms with van der Waals surface area (Å²) in [5, 5.41) is 6.39. The van der Waals surface area contributed by atoms with Crippen LogP contribution < -0.4 is 15.0 Å². The smallest absolute Gasteiger partial charge is 0.311 e. The molecule has 0 unspecified atom stereocenters. The second-order valence-electron chi connectivity index (χ2n) is 5.99. The zero-order chi connectivity index (χ0) is 18.4. The first-order valence-electron chi connectivity index (χ1n) is 8.55. The van der Waals surface area contributed by atoms with Crippen molar-refractivity contribution in [1.82, 2.24) is 5.32 Å². The minimum atomic E-state index is -0.347. The highest BCUT2D eigenvalue weighted by molar-refractivity contribution is 7.08. The number of carbonyl (C=O) groups is 3.